The maximum Gasteiger partial charge on any atom is 0.416 e. The molecule has 1 atom stereocenters. The molecule has 1 fully saturated rings. The lowest BCUT2D eigenvalue weighted by Gasteiger charge is -2.24. The number of halogens is 3. The van der Waals surface area contributed by atoms with Crippen LogP contribution >= 0.6 is 12.2 Å². The molecule has 0 bridgehead atoms. The summed E-state index contributed by atoms with van der Waals surface area (Å²) in [7, 11) is 0. The molecule has 1 heterocycles. The third-order valence-electron chi connectivity index (χ3n) is 3.38. The number of alkyl halides is 3. The molecule has 1 saturated heterocycles. The molecule has 0 spiro atoms. The monoisotopic (exact) mass is 304 g/mol. The van der Waals surface area contributed by atoms with E-state index in [1.165, 1.54) is 6.07 Å². The fraction of sp³-hybridized carbons (Fsp3) is 0.462. The molecule has 1 aliphatic heterocycles. The zero-order valence-electron chi connectivity index (χ0n) is 10.9. The van der Waals surface area contributed by atoms with Crippen molar-refractivity contribution < 1.29 is 18.3 Å². The summed E-state index contributed by atoms with van der Waals surface area (Å²) < 4.78 is 38.2. The molecule has 0 aliphatic carbocycles. The van der Waals surface area contributed by atoms with Gasteiger partial charge in [-0.15, -0.1) is 0 Å². The Kier molecular flexibility index (Phi) is 3.68. The molecular formula is C13H15F3N2OS. The van der Waals surface area contributed by atoms with Gasteiger partial charge in [-0.25, -0.2) is 0 Å². The van der Waals surface area contributed by atoms with Gasteiger partial charge in [0.1, 0.15) is 4.99 Å². The average molecular weight is 304 g/mol. The highest BCUT2D eigenvalue weighted by Gasteiger charge is 2.35. The van der Waals surface area contributed by atoms with Crippen molar-refractivity contribution in [3.63, 3.8) is 0 Å². The van der Waals surface area contributed by atoms with E-state index in [1.54, 1.807) is 11.8 Å². The third-order valence-corrected chi connectivity index (χ3v) is 3.60. The zero-order chi connectivity index (χ0) is 15.1. The number of anilines is 1. The van der Waals surface area contributed by atoms with Gasteiger partial charge in [-0.3, -0.25) is 0 Å². The Morgan fingerprint density at radius 2 is 2.10 bits per heavy atom. The summed E-state index contributed by atoms with van der Waals surface area (Å²) >= 11 is 4.85. The third kappa shape index (κ3) is 3.04. The largest absolute Gasteiger partial charge is 0.416 e. The van der Waals surface area contributed by atoms with Crippen molar-refractivity contribution in [2.24, 2.45) is 5.73 Å². The maximum absolute atomic E-state index is 12.7. The lowest BCUT2D eigenvalue weighted by Crippen LogP contribution is -2.31. The van der Waals surface area contributed by atoms with Crippen LogP contribution < -0.4 is 10.6 Å². The van der Waals surface area contributed by atoms with Crippen molar-refractivity contribution in [1.29, 1.82) is 0 Å². The number of nitrogens with zero attached hydrogens (tertiary/aromatic N) is 1. The molecule has 1 aromatic rings. The fourth-order valence-corrected chi connectivity index (χ4v) is 2.50. The van der Waals surface area contributed by atoms with E-state index < -0.39 is 17.3 Å². The molecule has 0 amide bonds. The van der Waals surface area contributed by atoms with Crippen LogP contribution in [0, 0.1) is 0 Å². The average Bonchev–Trinajstić information content (AvgIpc) is 2.67. The van der Waals surface area contributed by atoms with E-state index in [2.05, 4.69) is 0 Å². The lowest BCUT2D eigenvalue weighted by atomic mass is 10.1. The van der Waals surface area contributed by atoms with E-state index >= 15 is 0 Å². The molecule has 20 heavy (non-hydrogen) atoms. The van der Waals surface area contributed by atoms with E-state index in [-0.39, 0.29) is 10.6 Å². The highest BCUT2D eigenvalue weighted by Crippen LogP contribution is 2.35. The van der Waals surface area contributed by atoms with E-state index in [0.29, 0.717) is 25.2 Å². The van der Waals surface area contributed by atoms with E-state index in [1.807, 2.05) is 0 Å². The Morgan fingerprint density at radius 3 is 2.55 bits per heavy atom. The van der Waals surface area contributed by atoms with Crippen LogP contribution in [0.1, 0.15) is 24.5 Å². The van der Waals surface area contributed by atoms with Gasteiger partial charge in [0.05, 0.1) is 11.2 Å². The second-order valence-electron chi connectivity index (χ2n) is 5.26. The van der Waals surface area contributed by atoms with E-state index in [4.69, 9.17) is 18.0 Å². The van der Waals surface area contributed by atoms with Crippen LogP contribution in [0.4, 0.5) is 18.9 Å². The summed E-state index contributed by atoms with van der Waals surface area (Å²) in [5, 5.41) is 9.95. The molecule has 110 valence electrons. The molecular weight excluding hydrogens is 289 g/mol. The molecule has 1 unspecified atom stereocenters. The van der Waals surface area contributed by atoms with Crippen molar-refractivity contribution in [3.05, 3.63) is 29.3 Å². The molecule has 2 rings (SSSR count). The van der Waals surface area contributed by atoms with E-state index in [9.17, 15) is 18.3 Å². The van der Waals surface area contributed by atoms with Gasteiger partial charge in [0.25, 0.3) is 0 Å². The molecule has 1 aliphatic rings. The second-order valence-corrected chi connectivity index (χ2v) is 5.70. The first-order chi connectivity index (χ1) is 9.10. The Balaban J connectivity index is 2.42. The Labute approximate surface area is 120 Å². The van der Waals surface area contributed by atoms with E-state index in [0.717, 1.165) is 12.1 Å². The van der Waals surface area contributed by atoms with Crippen molar-refractivity contribution in [2.45, 2.75) is 25.1 Å². The van der Waals surface area contributed by atoms with Crippen LogP contribution in [0.25, 0.3) is 0 Å². The summed E-state index contributed by atoms with van der Waals surface area (Å²) in [6.07, 6.45) is -3.89. The van der Waals surface area contributed by atoms with Crippen molar-refractivity contribution in [3.8, 4) is 0 Å². The first-order valence-corrected chi connectivity index (χ1v) is 6.49. The van der Waals surface area contributed by atoms with Gasteiger partial charge in [-0.05, 0) is 31.5 Å². The summed E-state index contributed by atoms with van der Waals surface area (Å²) in [6.45, 7) is 2.58. The highest BCUT2D eigenvalue weighted by atomic mass is 32.1. The van der Waals surface area contributed by atoms with Gasteiger partial charge in [0.15, 0.2) is 0 Å². The van der Waals surface area contributed by atoms with Gasteiger partial charge < -0.3 is 15.7 Å². The fourth-order valence-electron chi connectivity index (χ4n) is 2.34. The van der Waals surface area contributed by atoms with Crippen LogP contribution in [0.15, 0.2) is 18.2 Å². The zero-order valence-corrected chi connectivity index (χ0v) is 11.7. The van der Waals surface area contributed by atoms with Gasteiger partial charge in [0.2, 0.25) is 0 Å². The second kappa shape index (κ2) is 4.89. The number of thiocarbonyl (C=S) groups is 1. The number of benzene rings is 1. The van der Waals surface area contributed by atoms with Crippen LogP contribution in [-0.2, 0) is 6.18 Å². The van der Waals surface area contributed by atoms with Gasteiger partial charge in [-0.1, -0.05) is 12.2 Å². The predicted molar refractivity (Wildman–Crippen MR) is 74.8 cm³/mol. The summed E-state index contributed by atoms with van der Waals surface area (Å²) in [6, 6.07) is 3.33. The molecule has 3 nitrogen and oxygen atoms in total. The number of aliphatic hydroxyl groups is 1. The van der Waals surface area contributed by atoms with Crippen LogP contribution in [0.5, 0.6) is 0 Å². The molecule has 3 N–H and O–H groups in total. The first-order valence-electron chi connectivity index (χ1n) is 6.08. The van der Waals surface area contributed by atoms with Crippen LogP contribution in [-0.4, -0.2) is 28.8 Å². The molecule has 7 heteroatoms. The maximum atomic E-state index is 12.7. The minimum Gasteiger partial charge on any atom is -0.389 e. The van der Waals surface area contributed by atoms with Crippen molar-refractivity contribution in [1.82, 2.24) is 0 Å². The topological polar surface area (TPSA) is 49.5 Å². The van der Waals surface area contributed by atoms with Gasteiger partial charge >= 0.3 is 6.18 Å². The lowest BCUT2D eigenvalue weighted by molar-refractivity contribution is -0.137. The summed E-state index contributed by atoms with van der Waals surface area (Å²) in [4.78, 5) is 1.71. The number of hydrogen-bond donors (Lipinski definition) is 2. The molecule has 0 aromatic heterocycles. The van der Waals surface area contributed by atoms with Crippen LogP contribution in [0.3, 0.4) is 0 Å². The normalized spacial score (nSPS) is 23.1. The minimum atomic E-state index is -4.44. The Morgan fingerprint density at radius 1 is 1.45 bits per heavy atom. The summed E-state index contributed by atoms with van der Waals surface area (Å²) in [5.41, 5.74) is 4.62. The van der Waals surface area contributed by atoms with Gasteiger partial charge in [0, 0.05) is 24.3 Å². The molecule has 0 radical (unpaired) electrons. The number of hydrogen-bond acceptors (Lipinski definition) is 3. The van der Waals surface area contributed by atoms with Gasteiger partial charge in [-0.2, -0.15) is 13.2 Å². The first kappa shape index (κ1) is 15.1. The van der Waals surface area contributed by atoms with Crippen LogP contribution in [0.2, 0.25) is 0 Å². The van der Waals surface area contributed by atoms with Crippen molar-refractivity contribution in [2.75, 3.05) is 18.0 Å². The molecule has 1 aromatic carbocycles. The number of nitrogens with two attached hydrogens (primary N) is 1. The Hall–Kier alpha value is -1.34. The smallest absolute Gasteiger partial charge is 0.389 e. The summed E-state index contributed by atoms with van der Waals surface area (Å²) in [5.74, 6) is 0. The molecule has 0 saturated carbocycles. The number of β-amino-alcohol motifs (C(OH)–C–C–N with tert-alkyl or cyclic N) is 1. The Bertz CT molecular complexity index is 543. The minimum absolute atomic E-state index is 0.0855. The predicted octanol–water partition coefficient (Wildman–Crippen LogP) is 2.30. The quantitative estimate of drug-likeness (QED) is 0.823. The number of rotatable bonds is 2. The SMILES string of the molecule is CC1(O)CCN(c2ccc(C(F)(F)F)cc2C(N)=S)C1. The van der Waals surface area contributed by atoms with Crippen molar-refractivity contribution >= 4 is 22.9 Å². The highest BCUT2D eigenvalue weighted by molar-refractivity contribution is 7.80. The standard InChI is InChI=1S/C13H15F3N2OS/c1-12(19)4-5-18(7-12)10-3-2-8(13(14,15)16)6-9(10)11(17)20/h2-3,6,19H,4-5,7H2,1H3,(H2,17,20).